The van der Waals surface area contributed by atoms with Crippen LogP contribution in [0.15, 0.2) is 60.7 Å². The molecule has 0 bridgehead atoms. The van der Waals surface area contributed by atoms with Gasteiger partial charge in [0.2, 0.25) is 0 Å². The van der Waals surface area contributed by atoms with Gasteiger partial charge in [0, 0.05) is 4.75 Å². The van der Waals surface area contributed by atoms with Gasteiger partial charge in [-0.05, 0) is 24.5 Å². The zero-order chi connectivity index (χ0) is 11.4. The lowest BCUT2D eigenvalue weighted by atomic mass is 9.93. The third kappa shape index (κ3) is 2.67. The van der Waals surface area contributed by atoms with E-state index in [-0.39, 0.29) is 4.75 Å². The molecule has 1 unspecified atom stereocenters. The van der Waals surface area contributed by atoms with Crippen molar-refractivity contribution in [1.82, 2.24) is 0 Å². The Morgan fingerprint density at radius 3 is 1.94 bits per heavy atom. The van der Waals surface area contributed by atoms with E-state index in [1.807, 2.05) is 12.1 Å². The molecule has 2 aromatic rings. The predicted molar refractivity (Wildman–Crippen MR) is 72.9 cm³/mol. The number of benzene rings is 2. The van der Waals surface area contributed by atoms with Gasteiger partial charge in [0.25, 0.3) is 0 Å². The monoisotopic (exact) mass is 228 g/mol. The SMILES string of the molecule is CC(S)(Cc1ccccc1)c1ccccc1. The van der Waals surface area contributed by atoms with Crippen LogP contribution in [-0.4, -0.2) is 0 Å². The third-order valence-corrected chi connectivity index (χ3v) is 3.20. The average molecular weight is 228 g/mol. The molecule has 0 amide bonds. The molecule has 2 aromatic carbocycles. The van der Waals surface area contributed by atoms with Crippen molar-refractivity contribution in [3.05, 3.63) is 71.8 Å². The van der Waals surface area contributed by atoms with Crippen molar-refractivity contribution in [3.63, 3.8) is 0 Å². The molecule has 16 heavy (non-hydrogen) atoms. The lowest BCUT2D eigenvalue weighted by Gasteiger charge is -2.24. The highest BCUT2D eigenvalue weighted by Crippen LogP contribution is 2.31. The largest absolute Gasteiger partial charge is 0.168 e. The summed E-state index contributed by atoms with van der Waals surface area (Å²) in [5.41, 5.74) is 2.59. The normalized spacial score (nSPS) is 14.4. The zero-order valence-electron chi connectivity index (χ0n) is 9.43. The first kappa shape index (κ1) is 11.3. The Labute approximate surface area is 103 Å². The maximum atomic E-state index is 4.79. The van der Waals surface area contributed by atoms with Crippen LogP contribution in [0.3, 0.4) is 0 Å². The Hall–Kier alpha value is -1.21. The van der Waals surface area contributed by atoms with E-state index < -0.39 is 0 Å². The summed E-state index contributed by atoms with van der Waals surface area (Å²) < 4.78 is -0.109. The second-order valence-corrected chi connectivity index (χ2v) is 5.29. The molecular formula is C15H16S. The van der Waals surface area contributed by atoms with E-state index in [0.717, 1.165) is 6.42 Å². The molecule has 0 N–H and O–H groups in total. The Kier molecular flexibility index (Phi) is 3.35. The van der Waals surface area contributed by atoms with Crippen molar-refractivity contribution in [2.75, 3.05) is 0 Å². The summed E-state index contributed by atoms with van der Waals surface area (Å²) in [7, 11) is 0. The molecular weight excluding hydrogens is 212 g/mol. The van der Waals surface area contributed by atoms with Crippen LogP contribution in [0.1, 0.15) is 18.1 Å². The Bertz CT molecular complexity index is 432. The third-order valence-electron chi connectivity index (χ3n) is 2.79. The maximum absolute atomic E-state index is 4.79. The summed E-state index contributed by atoms with van der Waals surface area (Å²) in [4.78, 5) is 0. The van der Waals surface area contributed by atoms with Crippen molar-refractivity contribution in [1.29, 1.82) is 0 Å². The molecule has 0 aliphatic heterocycles. The number of thiol groups is 1. The lowest BCUT2D eigenvalue weighted by Crippen LogP contribution is -2.17. The highest BCUT2D eigenvalue weighted by Gasteiger charge is 2.21. The van der Waals surface area contributed by atoms with Crippen molar-refractivity contribution in [3.8, 4) is 0 Å². The van der Waals surface area contributed by atoms with Gasteiger partial charge in [-0.15, -0.1) is 0 Å². The first-order valence-electron chi connectivity index (χ1n) is 5.50. The molecule has 2 rings (SSSR count). The molecule has 1 atom stereocenters. The molecule has 0 spiro atoms. The quantitative estimate of drug-likeness (QED) is 0.752. The molecule has 82 valence electrons. The molecule has 0 fully saturated rings. The van der Waals surface area contributed by atoms with E-state index in [1.165, 1.54) is 11.1 Å². The second-order valence-electron chi connectivity index (χ2n) is 4.30. The van der Waals surface area contributed by atoms with E-state index in [9.17, 15) is 0 Å². The smallest absolute Gasteiger partial charge is 0.0390 e. The summed E-state index contributed by atoms with van der Waals surface area (Å²) >= 11 is 4.79. The van der Waals surface area contributed by atoms with Gasteiger partial charge in [0.1, 0.15) is 0 Å². The highest BCUT2D eigenvalue weighted by molar-refractivity contribution is 7.81. The fourth-order valence-electron chi connectivity index (χ4n) is 1.89. The second kappa shape index (κ2) is 4.75. The summed E-state index contributed by atoms with van der Waals surface area (Å²) in [5.74, 6) is 0. The van der Waals surface area contributed by atoms with Crippen LogP contribution in [0.2, 0.25) is 0 Å². The lowest BCUT2D eigenvalue weighted by molar-refractivity contribution is 0.694. The summed E-state index contributed by atoms with van der Waals surface area (Å²) in [6.07, 6.45) is 0.945. The van der Waals surface area contributed by atoms with Crippen LogP contribution in [-0.2, 0) is 11.2 Å². The van der Waals surface area contributed by atoms with Crippen LogP contribution in [0, 0.1) is 0 Å². The Morgan fingerprint density at radius 1 is 0.875 bits per heavy atom. The van der Waals surface area contributed by atoms with Crippen molar-refractivity contribution >= 4 is 12.6 Å². The maximum Gasteiger partial charge on any atom is 0.0390 e. The first-order valence-corrected chi connectivity index (χ1v) is 5.95. The molecule has 0 saturated heterocycles. The van der Waals surface area contributed by atoms with E-state index in [1.54, 1.807) is 0 Å². The fourth-order valence-corrected chi connectivity index (χ4v) is 2.22. The molecule has 0 radical (unpaired) electrons. The van der Waals surface area contributed by atoms with E-state index >= 15 is 0 Å². The summed E-state index contributed by atoms with van der Waals surface area (Å²) in [6, 6.07) is 20.9. The summed E-state index contributed by atoms with van der Waals surface area (Å²) in [6.45, 7) is 2.17. The first-order chi connectivity index (χ1) is 7.68. The molecule has 0 aliphatic rings. The fraction of sp³-hybridized carbons (Fsp3) is 0.200. The standard InChI is InChI=1S/C15H16S/c1-15(16,14-10-6-3-7-11-14)12-13-8-4-2-5-9-13/h2-11,16H,12H2,1H3. The van der Waals surface area contributed by atoms with Crippen LogP contribution in [0.4, 0.5) is 0 Å². The summed E-state index contributed by atoms with van der Waals surface area (Å²) in [5, 5.41) is 0. The predicted octanol–water partition coefficient (Wildman–Crippen LogP) is 4.07. The molecule has 0 saturated carbocycles. The highest BCUT2D eigenvalue weighted by atomic mass is 32.1. The minimum absolute atomic E-state index is 0.109. The van der Waals surface area contributed by atoms with Crippen molar-refractivity contribution < 1.29 is 0 Å². The van der Waals surface area contributed by atoms with Gasteiger partial charge >= 0.3 is 0 Å². The van der Waals surface area contributed by atoms with Crippen LogP contribution >= 0.6 is 12.6 Å². The number of hydrogen-bond acceptors (Lipinski definition) is 1. The molecule has 0 aromatic heterocycles. The van der Waals surface area contributed by atoms with Crippen LogP contribution in [0.5, 0.6) is 0 Å². The van der Waals surface area contributed by atoms with Gasteiger partial charge in [-0.1, -0.05) is 60.7 Å². The van der Waals surface area contributed by atoms with Crippen LogP contribution in [0.25, 0.3) is 0 Å². The van der Waals surface area contributed by atoms with Gasteiger partial charge in [-0.3, -0.25) is 0 Å². The zero-order valence-corrected chi connectivity index (χ0v) is 10.3. The topological polar surface area (TPSA) is 0 Å². The number of rotatable bonds is 3. The van der Waals surface area contributed by atoms with Gasteiger partial charge in [-0.25, -0.2) is 0 Å². The molecule has 0 nitrogen and oxygen atoms in total. The van der Waals surface area contributed by atoms with E-state index in [4.69, 9.17) is 12.6 Å². The molecule has 1 heteroatoms. The minimum atomic E-state index is -0.109. The Morgan fingerprint density at radius 2 is 1.38 bits per heavy atom. The number of hydrogen-bond donors (Lipinski definition) is 1. The van der Waals surface area contributed by atoms with E-state index in [2.05, 4.69) is 55.5 Å². The van der Waals surface area contributed by atoms with Gasteiger partial charge in [-0.2, -0.15) is 12.6 Å². The molecule has 0 heterocycles. The Balaban J connectivity index is 2.21. The average Bonchev–Trinajstić information content (AvgIpc) is 2.31. The van der Waals surface area contributed by atoms with Gasteiger partial charge in [0.15, 0.2) is 0 Å². The van der Waals surface area contributed by atoms with E-state index in [0.29, 0.717) is 0 Å². The van der Waals surface area contributed by atoms with Gasteiger partial charge < -0.3 is 0 Å². The molecule has 0 aliphatic carbocycles. The van der Waals surface area contributed by atoms with Crippen molar-refractivity contribution in [2.24, 2.45) is 0 Å². The van der Waals surface area contributed by atoms with Gasteiger partial charge in [0.05, 0.1) is 0 Å². The van der Waals surface area contributed by atoms with Crippen molar-refractivity contribution in [2.45, 2.75) is 18.1 Å². The minimum Gasteiger partial charge on any atom is -0.168 e. The van der Waals surface area contributed by atoms with Crippen LogP contribution < -0.4 is 0 Å².